The molecule has 3 saturated carbocycles. The smallest absolute Gasteiger partial charge is 0.406 e. The number of nitrogen functional groups attached to an aromatic ring is 1. The minimum atomic E-state index is -4.74. The summed E-state index contributed by atoms with van der Waals surface area (Å²) < 4.78 is 42.5. The largest absolute Gasteiger partial charge is 0.573 e. The third-order valence-electron chi connectivity index (χ3n) is 15.8. The molecule has 1 aromatic heterocycles. The van der Waals surface area contributed by atoms with Crippen LogP contribution >= 0.6 is 36.0 Å². The maximum Gasteiger partial charge on any atom is 0.573 e. The minimum Gasteiger partial charge on any atom is -0.406 e. The van der Waals surface area contributed by atoms with Crippen molar-refractivity contribution in [2.45, 2.75) is 120 Å². The highest BCUT2D eigenvalue weighted by molar-refractivity contribution is 7.80. The van der Waals surface area contributed by atoms with Gasteiger partial charge in [0.05, 0.1) is 27.3 Å². The molecule has 4 aliphatic rings. The number of halogens is 4. The van der Waals surface area contributed by atoms with Crippen molar-refractivity contribution >= 4 is 86.5 Å². The second-order valence-electron chi connectivity index (χ2n) is 22.0. The Bertz CT molecular complexity index is 3760. The zero-order valence-corrected chi connectivity index (χ0v) is 52.3. The van der Waals surface area contributed by atoms with Gasteiger partial charge in [-0.25, -0.2) is 15.5 Å². The van der Waals surface area contributed by atoms with Gasteiger partial charge in [-0.15, -0.1) is 18.3 Å². The normalized spacial score (nSPS) is 14.6. The summed E-state index contributed by atoms with van der Waals surface area (Å²) in [5.74, 6) is 7.42. The fourth-order valence-corrected chi connectivity index (χ4v) is 11.9. The SMILES string of the molecule is FC(F)(F)Oc1ccc(-n2cnc(-c3ccc(/C=N/NC(=S)Nc4ccccc4C4CCCC4)cc3)n2)cc1.NNC(=S)Nc1ccccc1C1CCCC1.Nc1ccccc1C1CCCC1.O=[N+]([O-])c1ccccc1C1=CCCC1.O=[N+]([O-])c1ccccc1Cl. The number of nitrogens with zero attached hydrogens (tertiary/aromatic N) is 6. The maximum absolute atomic E-state index is 12.4. The first-order valence-electron chi connectivity index (χ1n) is 30.1. The molecule has 0 saturated heterocycles. The Morgan fingerprint density at radius 3 is 1.67 bits per heavy atom. The molecule has 8 aromatic rings. The van der Waals surface area contributed by atoms with E-state index in [0.717, 1.165) is 64.5 Å². The van der Waals surface area contributed by atoms with E-state index in [1.807, 2.05) is 66.7 Å². The molecular formula is C68H72ClF3N12O5S2. The summed E-state index contributed by atoms with van der Waals surface area (Å²) in [6.45, 7) is 0. The Kier molecular flexibility index (Phi) is 25.5. The number of hydrazone groups is 1. The molecule has 0 atom stereocenters. The van der Waals surface area contributed by atoms with Gasteiger partial charge >= 0.3 is 6.36 Å². The number of benzene rings is 7. The monoisotopic (exact) mass is 1290 g/mol. The van der Waals surface area contributed by atoms with E-state index in [2.05, 4.69) is 89.9 Å². The van der Waals surface area contributed by atoms with E-state index >= 15 is 0 Å². The van der Waals surface area contributed by atoms with Gasteiger partial charge < -0.3 is 26.5 Å². The van der Waals surface area contributed by atoms with E-state index in [0.29, 0.717) is 33.6 Å². The lowest BCUT2D eigenvalue weighted by Gasteiger charge is -2.16. The van der Waals surface area contributed by atoms with Crippen LogP contribution < -0.4 is 37.8 Å². The van der Waals surface area contributed by atoms with Crippen LogP contribution in [0, 0.1) is 20.2 Å². The van der Waals surface area contributed by atoms with Gasteiger partial charge in [0.25, 0.3) is 11.4 Å². The van der Waals surface area contributed by atoms with Gasteiger partial charge in [0.1, 0.15) is 17.1 Å². The van der Waals surface area contributed by atoms with Crippen molar-refractivity contribution in [1.29, 1.82) is 0 Å². The van der Waals surface area contributed by atoms with Crippen molar-refractivity contribution in [2.24, 2.45) is 10.9 Å². The average Bonchev–Trinajstić information content (AvgIpc) is 2.13. The van der Waals surface area contributed by atoms with Crippen LogP contribution in [-0.2, 0) is 0 Å². The number of nitrogens with two attached hydrogens (primary N) is 2. The minimum absolute atomic E-state index is 0.0517. The molecule has 7 aromatic carbocycles. The van der Waals surface area contributed by atoms with E-state index in [4.69, 9.17) is 47.6 Å². The Labute approximate surface area is 542 Å². The Balaban J connectivity index is 0.000000167. The quantitative estimate of drug-likeness (QED) is 0.0157. The highest BCUT2D eigenvalue weighted by Crippen LogP contribution is 2.40. The summed E-state index contributed by atoms with van der Waals surface area (Å²) in [5, 5.41) is 37.0. The van der Waals surface area contributed by atoms with Gasteiger partial charge in [0.15, 0.2) is 16.0 Å². The molecule has 12 rings (SSSR count). The van der Waals surface area contributed by atoms with Crippen molar-refractivity contribution < 1.29 is 27.8 Å². The van der Waals surface area contributed by atoms with Crippen LogP contribution in [-0.4, -0.2) is 47.4 Å². The topological polar surface area (TPSA) is 239 Å². The summed E-state index contributed by atoms with van der Waals surface area (Å²) in [7, 11) is 0. The number of allylic oxidation sites excluding steroid dienone is 2. The number of rotatable bonds is 13. The number of para-hydroxylation sites is 5. The highest BCUT2D eigenvalue weighted by Gasteiger charge is 2.31. The van der Waals surface area contributed by atoms with Crippen LogP contribution in [0.15, 0.2) is 187 Å². The first-order valence-corrected chi connectivity index (χ1v) is 31.3. The molecule has 23 heteroatoms. The van der Waals surface area contributed by atoms with Crippen molar-refractivity contribution in [3.05, 3.63) is 235 Å². The van der Waals surface area contributed by atoms with Crippen LogP contribution in [0.25, 0.3) is 22.6 Å². The van der Waals surface area contributed by atoms with Gasteiger partial charge in [-0.05, 0) is 182 Å². The summed E-state index contributed by atoms with van der Waals surface area (Å²) in [6.07, 6.45) is 19.2. The lowest BCUT2D eigenvalue weighted by molar-refractivity contribution is -0.385. The van der Waals surface area contributed by atoms with E-state index < -0.39 is 11.3 Å². The van der Waals surface area contributed by atoms with Gasteiger partial charge in [-0.1, -0.05) is 159 Å². The van der Waals surface area contributed by atoms with Crippen LogP contribution in [0.1, 0.15) is 142 Å². The number of nitro benzene ring substituents is 2. The Hall–Kier alpha value is -9.09. The van der Waals surface area contributed by atoms with Gasteiger partial charge in [0, 0.05) is 34.8 Å². The zero-order valence-electron chi connectivity index (χ0n) is 49.9. The molecule has 0 unspecified atom stereocenters. The lowest BCUT2D eigenvalue weighted by atomic mass is 9.96. The zero-order chi connectivity index (χ0) is 64.5. The van der Waals surface area contributed by atoms with E-state index in [-0.39, 0.29) is 27.1 Å². The van der Waals surface area contributed by atoms with Crippen LogP contribution in [0.4, 0.5) is 41.6 Å². The first kappa shape index (κ1) is 67.8. The second kappa shape index (κ2) is 34.2. The number of aromatic nitrogens is 3. The number of hydrogen-bond donors (Lipinski definition) is 6. The standard InChI is InChI=1S/C28H25F3N6OS.C12H17N3S.C11H11NO2.C11H15N.C6H4ClNO2/c29-28(30,31)38-23-15-13-22(14-16-23)37-18-32-26(36-37)21-11-9-19(10-12-21)17-33-35-27(39)34-25-8-4-3-7-24(25)20-5-1-2-6-20;13-15-12(16)14-11-8-4-3-7-10(11)9-5-1-2-6-9;13-12(14)11-8-4-3-7-10(11)9-5-1-2-6-9;12-11-8-4-3-7-10(11)9-5-1-2-6-9;7-5-3-1-2-4-6(5)8(9)10/h3-4,7-18,20H,1-2,5-6H2,(H2,34,35,39);3-4,7-9H,1-2,5-6,13H2,(H2,14,15,16);3-5,7-8H,1-2,6H2;3-4,7-9H,1-2,5-6,12H2;1-4H/b33-17+;;;;. The number of nitro groups is 2. The van der Waals surface area contributed by atoms with Gasteiger partial charge in [-0.2, -0.15) is 5.10 Å². The van der Waals surface area contributed by atoms with Crippen molar-refractivity contribution in [1.82, 2.24) is 25.6 Å². The molecule has 3 fully saturated rings. The number of hydrazine groups is 1. The lowest BCUT2D eigenvalue weighted by Crippen LogP contribution is -2.34. The van der Waals surface area contributed by atoms with Crippen molar-refractivity contribution in [3.8, 4) is 22.8 Å². The maximum atomic E-state index is 12.4. The summed E-state index contributed by atoms with van der Waals surface area (Å²) in [6, 6.07) is 50.7. The highest BCUT2D eigenvalue weighted by atomic mass is 35.5. The molecule has 0 bridgehead atoms. The second-order valence-corrected chi connectivity index (χ2v) is 23.2. The molecule has 0 aliphatic heterocycles. The predicted octanol–water partition coefficient (Wildman–Crippen LogP) is 17.7. The number of nitrogens with one attached hydrogen (secondary N) is 4. The summed E-state index contributed by atoms with van der Waals surface area (Å²) in [5.41, 5.74) is 22.6. The molecule has 8 N–H and O–H groups in total. The first-order chi connectivity index (χ1) is 44.0. The molecule has 0 radical (unpaired) electrons. The molecule has 1 heterocycles. The molecule has 0 spiro atoms. The Morgan fingerprint density at radius 2 is 1.15 bits per heavy atom. The van der Waals surface area contributed by atoms with Crippen LogP contribution in [0.3, 0.4) is 0 Å². The van der Waals surface area contributed by atoms with Gasteiger partial charge in [-0.3, -0.25) is 25.7 Å². The summed E-state index contributed by atoms with van der Waals surface area (Å²) >= 11 is 15.9. The predicted molar refractivity (Wildman–Crippen MR) is 364 cm³/mol. The number of alkyl halides is 3. The molecule has 4 aliphatic carbocycles. The third-order valence-corrected chi connectivity index (χ3v) is 16.6. The summed E-state index contributed by atoms with van der Waals surface area (Å²) in [4.78, 5) is 24.4. The van der Waals surface area contributed by atoms with Crippen molar-refractivity contribution in [3.63, 3.8) is 0 Å². The average molecular weight is 1290 g/mol. The van der Waals surface area contributed by atoms with Crippen LogP contribution in [0.2, 0.25) is 5.02 Å². The fraction of sp³-hybridized carbons (Fsp3) is 0.279. The number of anilines is 3. The van der Waals surface area contributed by atoms with Gasteiger partial charge in [0.2, 0.25) is 0 Å². The molecule has 474 valence electrons. The number of hydrogen-bond acceptors (Lipinski definition) is 12. The van der Waals surface area contributed by atoms with E-state index in [1.165, 1.54) is 141 Å². The van der Waals surface area contributed by atoms with E-state index in [9.17, 15) is 33.4 Å². The Morgan fingerprint density at radius 1 is 0.648 bits per heavy atom. The number of thiocarbonyl (C=S) groups is 2. The van der Waals surface area contributed by atoms with Crippen LogP contribution in [0.5, 0.6) is 5.75 Å². The van der Waals surface area contributed by atoms with Crippen molar-refractivity contribution in [2.75, 3.05) is 16.4 Å². The number of ether oxygens (including phenoxy) is 1. The third kappa shape index (κ3) is 20.7. The molecule has 0 amide bonds. The fourth-order valence-electron chi connectivity index (χ4n) is 11.5. The van der Waals surface area contributed by atoms with E-state index in [1.54, 1.807) is 30.5 Å². The molecule has 17 nitrogen and oxygen atoms in total. The molecule has 91 heavy (non-hydrogen) atoms. The molecular weight excluding hydrogens is 1220 g/mol.